The van der Waals surface area contributed by atoms with E-state index < -0.39 is 29.0 Å². The zero-order valence-electron chi connectivity index (χ0n) is 38.1. The van der Waals surface area contributed by atoms with Gasteiger partial charge in [0.15, 0.2) is 11.4 Å². The van der Waals surface area contributed by atoms with Crippen LogP contribution in [0.25, 0.3) is 109 Å². The van der Waals surface area contributed by atoms with Crippen molar-refractivity contribution in [3.8, 4) is 74.1 Å². The van der Waals surface area contributed by atoms with Gasteiger partial charge in [-0.1, -0.05) is 66.7 Å². The molecular formula is C61H29F6N7. The molecule has 74 heavy (non-hydrogen) atoms. The number of halogens is 6. The van der Waals surface area contributed by atoms with E-state index in [1.54, 1.807) is 48.5 Å². The van der Waals surface area contributed by atoms with Gasteiger partial charge in [0.05, 0.1) is 81.5 Å². The molecule has 0 aliphatic carbocycles. The van der Waals surface area contributed by atoms with Crippen molar-refractivity contribution in [3.63, 3.8) is 0 Å². The summed E-state index contributed by atoms with van der Waals surface area (Å²) in [5.74, 6) is 0. The zero-order chi connectivity index (χ0) is 51.6. The van der Waals surface area contributed by atoms with Gasteiger partial charge in [-0.15, -0.1) is 0 Å². The van der Waals surface area contributed by atoms with Gasteiger partial charge < -0.3 is 9.13 Å². The lowest BCUT2D eigenvalue weighted by molar-refractivity contribution is -0.142. The summed E-state index contributed by atoms with van der Waals surface area (Å²) < 4.78 is 91.1. The van der Waals surface area contributed by atoms with Crippen LogP contribution in [-0.4, -0.2) is 9.13 Å². The molecule has 0 saturated heterocycles. The summed E-state index contributed by atoms with van der Waals surface area (Å²) in [6.07, 6.45) is -10.3. The number of hydrogen-bond acceptors (Lipinski definition) is 3. The third-order valence-corrected chi connectivity index (χ3v) is 13.2. The maximum Gasteiger partial charge on any atom is 0.417 e. The van der Waals surface area contributed by atoms with Gasteiger partial charge in [0.1, 0.15) is 0 Å². The van der Waals surface area contributed by atoms with Gasteiger partial charge in [0.2, 0.25) is 0 Å². The second kappa shape index (κ2) is 17.5. The van der Waals surface area contributed by atoms with E-state index >= 15 is 13.2 Å². The number of fused-ring (bicyclic) bond motifs is 6. The lowest BCUT2D eigenvalue weighted by Crippen LogP contribution is -2.12. The molecule has 7 nitrogen and oxygen atoms in total. The van der Waals surface area contributed by atoms with Crippen LogP contribution < -0.4 is 0 Å². The lowest BCUT2D eigenvalue weighted by atomic mass is 9.90. The van der Waals surface area contributed by atoms with Gasteiger partial charge in [-0.2, -0.15) is 42.1 Å². The van der Waals surface area contributed by atoms with Crippen molar-refractivity contribution in [1.29, 1.82) is 15.8 Å². The molecule has 0 fully saturated rings. The average Bonchev–Trinajstić information content (AvgIpc) is 3.95. The Bertz CT molecular complexity index is 4360. The number of alkyl halides is 6. The van der Waals surface area contributed by atoms with E-state index in [2.05, 4.69) is 27.9 Å². The Morgan fingerprint density at radius 3 is 1.45 bits per heavy atom. The first-order chi connectivity index (χ1) is 35.7. The maximum absolute atomic E-state index is 15.0. The minimum Gasteiger partial charge on any atom is -0.309 e. The normalized spacial score (nSPS) is 11.6. The van der Waals surface area contributed by atoms with Crippen LogP contribution in [0.3, 0.4) is 0 Å². The first kappa shape index (κ1) is 46.0. The first-order valence-corrected chi connectivity index (χ1v) is 22.6. The Morgan fingerprint density at radius 1 is 0.405 bits per heavy atom. The Hall–Kier alpha value is -10.4. The quantitative estimate of drug-likeness (QED) is 0.123. The molecule has 0 unspecified atom stereocenters. The van der Waals surface area contributed by atoms with Crippen molar-refractivity contribution < 1.29 is 26.3 Å². The predicted octanol–water partition coefficient (Wildman–Crippen LogP) is 17.3. The highest BCUT2D eigenvalue weighted by Gasteiger charge is 2.39. The fourth-order valence-electron chi connectivity index (χ4n) is 10.0. The average molecular weight is 974 g/mol. The van der Waals surface area contributed by atoms with Crippen LogP contribution in [0.15, 0.2) is 176 Å². The number of nitrogens with zero attached hydrogens (tertiary/aromatic N) is 7. The van der Waals surface area contributed by atoms with Crippen molar-refractivity contribution >= 4 is 55.0 Å². The number of aromatic nitrogens is 2. The number of benzene rings is 9. The lowest BCUT2D eigenvalue weighted by Gasteiger charge is -2.22. The van der Waals surface area contributed by atoms with Crippen LogP contribution in [0.1, 0.15) is 27.8 Å². The highest BCUT2D eigenvalue weighted by Crippen LogP contribution is 2.47. The molecule has 350 valence electrons. The molecule has 13 heteroatoms. The Morgan fingerprint density at radius 2 is 0.932 bits per heavy atom. The van der Waals surface area contributed by atoms with Gasteiger partial charge in [-0.05, 0) is 143 Å². The fraction of sp³-hybridized carbons (Fsp3) is 0.0328. The minimum atomic E-state index is -5.20. The molecule has 0 aliphatic rings. The van der Waals surface area contributed by atoms with Crippen molar-refractivity contribution in [2.24, 2.45) is 0 Å². The van der Waals surface area contributed by atoms with Crippen molar-refractivity contribution in [2.45, 2.75) is 12.4 Å². The van der Waals surface area contributed by atoms with Crippen LogP contribution in [0.5, 0.6) is 0 Å². The Balaban J connectivity index is 1.23. The predicted molar refractivity (Wildman–Crippen MR) is 274 cm³/mol. The summed E-state index contributed by atoms with van der Waals surface area (Å²) in [6, 6.07) is 54.0. The summed E-state index contributed by atoms with van der Waals surface area (Å²) in [4.78, 5) is 7.13. The van der Waals surface area contributed by atoms with Crippen LogP contribution in [0, 0.1) is 47.1 Å². The number of hydrogen-bond donors (Lipinski definition) is 0. The van der Waals surface area contributed by atoms with Crippen LogP contribution in [-0.2, 0) is 12.4 Å². The largest absolute Gasteiger partial charge is 0.417 e. The summed E-state index contributed by atoms with van der Waals surface area (Å²) in [6.45, 7) is 15.3. The summed E-state index contributed by atoms with van der Waals surface area (Å²) in [5.41, 5.74) is 4.69. The van der Waals surface area contributed by atoms with Crippen molar-refractivity contribution in [1.82, 2.24) is 9.13 Å². The smallest absolute Gasteiger partial charge is 0.309 e. The second-order valence-corrected chi connectivity index (χ2v) is 17.5. The van der Waals surface area contributed by atoms with Gasteiger partial charge >= 0.3 is 12.4 Å². The number of nitriles is 3. The Kier molecular flexibility index (Phi) is 10.9. The molecule has 0 radical (unpaired) electrons. The molecule has 0 spiro atoms. The molecule has 0 bridgehead atoms. The van der Waals surface area contributed by atoms with E-state index in [4.69, 9.17) is 13.1 Å². The molecule has 0 saturated carbocycles. The third-order valence-electron chi connectivity index (χ3n) is 13.2. The molecule has 11 aromatic rings. The van der Waals surface area contributed by atoms with Gasteiger partial charge in [0, 0.05) is 43.8 Å². The Labute approximate surface area is 417 Å². The molecule has 0 aliphatic heterocycles. The van der Waals surface area contributed by atoms with E-state index in [0.717, 1.165) is 33.2 Å². The van der Waals surface area contributed by atoms with Gasteiger partial charge in [-0.25, -0.2) is 9.69 Å². The van der Waals surface area contributed by atoms with E-state index in [1.807, 2.05) is 94.1 Å². The summed E-state index contributed by atoms with van der Waals surface area (Å²) >= 11 is 0. The van der Waals surface area contributed by atoms with Gasteiger partial charge in [0.25, 0.3) is 0 Å². The second-order valence-electron chi connectivity index (χ2n) is 17.5. The van der Waals surface area contributed by atoms with Gasteiger partial charge in [-0.3, -0.25) is 0 Å². The minimum absolute atomic E-state index is 0.0650. The molecular weight excluding hydrogens is 945 g/mol. The maximum atomic E-state index is 15.0. The van der Waals surface area contributed by atoms with Crippen LogP contribution in [0.2, 0.25) is 0 Å². The monoisotopic (exact) mass is 973 g/mol. The highest BCUT2D eigenvalue weighted by molar-refractivity contribution is 6.13. The summed E-state index contributed by atoms with van der Waals surface area (Å²) in [7, 11) is 0. The molecule has 2 aromatic heterocycles. The third kappa shape index (κ3) is 7.69. The van der Waals surface area contributed by atoms with Crippen LogP contribution in [0.4, 0.5) is 37.7 Å². The molecule has 11 rings (SSSR count). The topological polar surface area (TPSA) is 90.0 Å². The van der Waals surface area contributed by atoms with E-state index in [9.17, 15) is 29.0 Å². The van der Waals surface area contributed by atoms with E-state index in [0.29, 0.717) is 78.6 Å². The van der Waals surface area contributed by atoms with E-state index in [1.165, 1.54) is 24.3 Å². The SMILES string of the molecule is [C-]#[N+]c1cc(C#N)cc(-c2ccc3c(c2)c2ccccc2n3-c2ccc(-c3ccc(C(F)(F)F)cc3C(F)(F)F)cc2-c2c(C#N)cccc2-n2c3ccccc3c3cc(-c4cc(C#N)cc([N+]#[C-])c4)ccc32)c1. The first-order valence-electron chi connectivity index (χ1n) is 22.6. The molecule has 9 aromatic carbocycles. The molecule has 0 atom stereocenters. The zero-order valence-corrected chi connectivity index (χ0v) is 38.1. The molecule has 0 amide bonds. The van der Waals surface area contributed by atoms with Crippen molar-refractivity contribution in [2.75, 3.05) is 0 Å². The number of para-hydroxylation sites is 2. The fourth-order valence-corrected chi connectivity index (χ4v) is 10.0. The number of rotatable bonds is 6. The van der Waals surface area contributed by atoms with Crippen molar-refractivity contribution in [3.05, 3.63) is 227 Å². The highest BCUT2D eigenvalue weighted by atomic mass is 19.4. The standard InChI is InChI=1S/C61H29F6N7/c1-71-44-24-35(32-68)22-41(26-44)37-14-19-55-49(28-37)47-9-3-5-11-53(47)73(55)57-21-16-39(46-18-17-43(60(62,63)64)31-52(46)61(65,66)67)30-51(57)59-40(34-70)8-7-13-58(59)74-54-12-6-4-10-48(54)50-29-38(15-20-56(50)74)42-23-36(33-69)25-45(27-42)72-2/h3-31H. The molecule has 2 heterocycles. The summed E-state index contributed by atoms with van der Waals surface area (Å²) in [5, 5.41) is 33.8. The van der Waals surface area contributed by atoms with Crippen LogP contribution >= 0.6 is 0 Å². The molecule has 0 N–H and O–H groups in total. The van der Waals surface area contributed by atoms with E-state index in [-0.39, 0.29) is 28.4 Å².